The van der Waals surface area contributed by atoms with E-state index in [9.17, 15) is 0 Å². The molecule has 146 valence electrons. The number of fused-ring (bicyclic) bond motifs is 1. The lowest BCUT2D eigenvalue weighted by molar-refractivity contribution is 0.255. The zero-order valence-electron chi connectivity index (χ0n) is 16.5. The molecule has 1 fully saturated rings. The molecule has 6 nitrogen and oxygen atoms in total. The third-order valence-corrected chi connectivity index (χ3v) is 5.77. The second kappa shape index (κ2) is 7.64. The van der Waals surface area contributed by atoms with Gasteiger partial charge in [0.1, 0.15) is 0 Å². The van der Waals surface area contributed by atoms with Crippen molar-refractivity contribution in [2.24, 2.45) is 0 Å². The van der Waals surface area contributed by atoms with E-state index in [-0.39, 0.29) is 0 Å². The number of hydrogen-bond acceptors (Lipinski definition) is 5. The molecule has 3 heterocycles. The fraction of sp³-hybridized carbons (Fsp3) is 0.261. The normalized spacial score (nSPS) is 15.6. The van der Waals surface area contributed by atoms with Gasteiger partial charge in [0.05, 0.1) is 11.7 Å². The Balaban J connectivity index is 1.34. The molecule has 6 heteroatoms. The molecule has 29 heavy (non-hydrogen) atoms. The van der Waals surface area contributed by atoms with Crippen LogP contribution in [0.4, 0.5) is 11.6 Å². The number of nitrogens with zero attached hydrogens (tertiary/aromatic N) is 4. The number of nitrogens with one attached hydrogen (secondary N) is 2. The summed E-state index contributed by atoms with van der Waals surface area (Å²) in [4.78, 5) is 11.6. The molecule has 4 aromatic rings. The number of H-pyrrole nitrogens is 1. The van der Waals surface area contributed by atoms with Gasteiger partial charge in [0, 0.05) is 29.0 Å². The van der Waals surface area contributed by atoms with Gasteiger partial charge in [0.2, 0.25) is 5.95 Å². The minimum Gasteiger partial charge on any atom is -0.324 e. The minimum absolute atomic E-state index is 0.605. The molecule has 1 aliphatic heterocycles. The van der Waals surface area contributed by atoms with Crippen LogP contribution in [0.2, 0.25) is 0 Å². The predicted molar refractivity (Wildman–Crippen MR) is 116 cm³/mol. The Kier molecular flexibility index (Phi) is 4.69. The van der Waals surface area contributed by atoms with Gasteiger partial charge in [-0.3, -0.25) is 5.10 Å². The molecule has 0 amide bonds. The SMILES string of the molecule is CN1CCC(c2ccc(Nc3ncc4ccc(-c5cn[nH]c5)cc4n3)cc2)CC1. The van der Waals surface area contributed by atoms with Crippen LogP contribution < -0.4 is 5.32 Å². The smallest absolute Gasteiger partial charge is 0.227 e. The van der Waals surface area contributed by atoms with E-state index in [1.807, 2.05) is 24.7 Å². The van der Waals surface area contributed by atoms with E-state index in [1.165, 1.54) is 31.5 Å². The van der Waals surface area contributed by atoms with Crippen molar-refractivity contribution in [1.82, 2.24) is 25.1 Å². The summed E-state index contributed by atoms with van der Waals surface area (Å²) in [6.07, 6.45) is 8.02. The van der Waals surface area contributed by atoms with Crippen molar-refractivity contribution >= 4 is 22.5 Å². The summed E-state index contributed by atoms with van der Waals surface area (Å²) in [5.41, 5.74) is 5.46. The van der Waals surface area contributed by atoms with Crippen LogP contribution in [-0.2, 0) is 0 Å². The number of hydrogen-bond donors (Lipinski definition) is 2. The Labute approximate surface area is 170 Å². The number of anilines is 2. The third-order valence-electron chi connectivity index (χ3n) is 5.77. The average molecular weight is 384 g/mol. The zero-order valence-corrected chi connectivity index (χ0v) is 16.5. The molecule has 2 aromatic carbocycles. The molecule has 0 saturated carbocycles. The first-order valence-electron chi connectivity index (χ1n) is 10.1. The van der Waals surface area contributed by atoms with E-state index >= 15 is 0 Å². The van der Waals surface area contributed by atoms with Crippen molar-refractivity contribution in [3.05, 3.63) is 66.6 Å². The summed E-state index contributed by atoms with van der Waals surface area (Å²) in [6, 6.07) is 14.9. The molecule has 0 spiro atoms. The standard InChI is InChI=1S/C23H24N6/c1-29-10-8-17(9-11-29)16-4-6-21(7-5-16)27-23-24-13-19-3-2-18(12-22(19)28-23)20-14-25-26-15-20/h2-7,12-15,17H,8-11H2,1H3,(H,25,26)(H,24,27,28). The maximum atomic E-state index is 4.70. The van der Waals surface area contributed by atoms with E-state index < -0.39 is 0 Å². The van der Waals surface area contributed by atoms with Crippen LogP contribution in [-0.4, -0.2) is 45.2 Å². The summed E-state index contributed by atoms with van der Waals surface area (Å²) < 4.78 is 0. The molecular formula is C23H24N6. The summed E-state index contributed by atoms with van der Waals surface area (Å²) in [7, 11) is 2.20. The largest absolute Gasteiger partial charge is 0.324 e. The van der Waals surface area contributed by atoms with E-state index in [0.717, 1.165) is 27.7 Å². The van der Waals surface area contributed by atoms with Crippen LogP contribution in [0.3, 0.4) is 0 Å². The van der Waals surface area contributed by atoms with Crippen LogP contribution in [0.25, 0.3) is 22.0 Å². The molecule has 0 aliphatic carbocycles. The Hall–Kier alpha value is -3.25. The van der Waals surface area contributed by atoms with Crippen molar-refractivity contribution in [3.8, 4) is 11.1 Å². The van der Waals surface area contributed by atoms with Gasteiger partial charge in [0.15, 0.2) is 0 Å². The molecule has 0 bridgehead atoms. The molecule has 0 unspecified atom stereocenters. The first-order chi connectivity index (χ1) is 14.2. The van der Waals surface area contributed by atoms with Gasteiger partial charge in [-0.15, -0.1) is 0 Å². The molecular weight excluding hydrogens is 360 g/mol. The second-order valence-corrected chi connectivity index (χ2v) is 7.78. The maximum absolute atomic E-state index is 4.70. The predicted octanol–water partition coefficient (Wildman–Crippen LogP) is 4.57. The minimum atomic E-state index is 0.605. The van der Waals surface area contributed by atoms with Gasteiger partial charge in [-0.1, -0.05) is 24.3 Å². The van der Waals surface area contributed by atoms with Crippen molar-refractivity contribution in [2.75, 3.05) is 25.5 Å². The maximum Gasteiger partial charge on any atom is 0.227 e. The van der Waals surface area contributed by atoms with Crippen LogP contribution in [0, 0.1) is 0 Å². The number of rotatable bonds is 4. The summed E-state index contributed by atoms with van der Waals surface area (Å²) in [5.74, 6) is 1.27. The van der Waals surface area contributed by atoms with Crippen molar-refractivity contribution in [3.63, 3.8) is 0 Å². The van der Waals surface area contributed by atoms with Crippen LogP contribution in [0.5, 0.6) is 0 Å². The van der Waals surface area contributed by atoms with Gasteiger partial charge >= 0.3 is 0 Å². The number of likely N-dealkylation sites (tertiary alicyclic amines) is 1. The fourth-order valence-electron chi connectivity index (χ4n) is 3.98. The van der Waals surface area contributed by atoms with E-state index in [1.54, 1.807) is 0 Å². The summed E-state index contributed by atoms with van der Waals surface area (Å²) >= 11 is 0. The zero-order chi connectivity index (χ0) is 19.6. The number of benzene rings is 2. The Morgan fingerprint density at radius 1 is 1.00 bits per heavy atom. The molecule has 0 radical (unpaired) electrons. The second-order valence-electron chi connectivity index (χ2n) is 7.78. The lowest BCUT2D eigenvalue weighted by Gasteiger charge is -2.29. The average Bonchev–Trinajstić information content (AvgIpc) is 3.29. The lowest BCUT2D eigenvalue weighted by atomic mass is 9.89. The highest BCUT2D eigenvalue weighted by Gasteiger charge is 2.18. The molecule has 2 aromatic heterocycles. The van der Waals surface area contributed by atoms with Crippen molar-refractivity contribution in [2.45, 2.75) is 18.8 Å². The molecule has 5 rings (SSSR count). The van der Waals surface area contributed by atoms with Crippen molar-refractivity contribution in [1.29, 1.82) is 0 Å². The highest BCUT2D eigenvalue weighted by Crippen LogP contribution is 2.29. The van der Waals surface area contributed by atoms with E-state index in [2.05, 4.69) is 68.8 Å². The molecule has 1 aliphatic rings. The van der Waals surface area contributed by atoms with E-state index in [4.69, 9.17) is 4.98 Å². The monoisotopic (exact) mass is 384 g/mol. The first-order valence-corrected chi connectivity index (χ1v) is 10.1. The van der Waals surface area contributed by atoms with Crippen LogP contribution in [0.15, 0.2) is 61.1 Å². The Bertz CT molecular complexity index is 1100. The molecule has 0 atom stereocenters. The van der Waals surface area contributed by atoms with Crippen molar-refractivity contribution < 1.29 is 0 Å². The fourth-order valence-corrected chi connectivity index (χ4v) is 3.98. The Morgan fingerprint density at radius 2 is 1.83 bits per heavy atom. The molecule has 1 saturated heterocycles. The topological polar surface area (TPSA) is 69.7 Å². The summed E-state index contributed by atoms with van der Waals surface area (Å²) in [6.45, 7) is 2.35. The molecule has 2 N–H and O–H groups in total. The van der Waals surface area contributed by atoms with Gasteiger partial charge in [-0.05, 0) is 68.2 Å². The third kappa shape index (κ3) is 3.84. The Morgan fingerprint density at radius 3 is 2.59 bits per heavy atom. The first kappa shape index (κ1) is 17.8. The van der Waals surface area contributed by atoms with Gasteiger partial charge in [-0.25, -0.2) is 9.97 Å². The summed E-state index contributed by atoms with van der Waals surface area (Å²) in [5, 5.41) is 11.2. The van der Waals surface area contributed by atoms with E-state index in [0.29, 0.717) is 11.9 Å². The van der Waals surface area contributed by atoms with Gasteiger partial charge < -0.3 is 10.2 Å². The van der Waals surface area contributed by atoms with Gasteiger partial charge in [-0.2, -0.15) is 5.10 Å². The van der Waals surface area contributed by atoms with Gasteiger partial charge in [0.25, 0.3) is 0 Å². The van der Waals surface area contributed by atoms with Crippen LogP contribution >= 0.6 is 0 Å². The quantitative estimate of drug-likeness (QED) is 0.539. The number of aromatic nitrogens is 4. The van der Waals surface area contributed by atoms with Crippen LogP contribution in [0.1, 0.15) is 24.3 Å². The number of aromatic amines is 1. The number of piperidine rings is 1. The highest BCUT2D eigenvalue weighted by molar-refractivity contribution is 5.84. The highest BCUT2D eigenvalue weighted by atomic mass is 15.1. The lowest BCUT2D eigenvalue weighted by Crippen LogP contribution is -2.29.